The number of rotatable bonds is 6. The van der Waals surface area contributed by atoms with Gasteiger partial charge in [-0.25, -0.2) is 4.39 Å². The lowest BCUT2D eigenvalue weighted by molar-refractivity contribution is -0.136. The van der Waals surface area contributed by atoms with Crippen LogP contribution in [0.1, 0.15) is 99.6 Å². The molecule has 6 aliphatic rings. The van der Waals surface area contributed by atoms with Crippen molar-refractivity contribution in [1.29, 1.82) is 5.26 Å². The number of hydrogen-bond acceptors (Lipinski definition) is 10. The van der Waals surface area contributed by atoms with Crippen molar-refractivity contribution < 1.29 is 28.4 Å². The van der Waals surface area contributed by atoms with Gasteiger partial charge >= 0.3 is 0 Å². The minimum absolute atomic E-state index is 0.0933. The van der Waals surface area contributed by atoms with Crippen molar-refractivity contribution >= 4 is 52.9 Å². The van der Waals surface area contributed by atoms with Crippen LogP contribution >= 0.6 is 11.6 Å². The molecule has 4 fully saturated rings. The molecular formula is C45H49ClFN7O5. The normalized spacial score (nSPS) is 23.7. The maximum absolute atomic E-state index is 15.3. The van der Waals surface area contributed by atoms with Crippen LogP contribution in [0.15, 0.2) is 54.6 Å². The van der Waals surface area contributed by atoms with Crippen molar-refractivity contribution in [2.24, 2.45) is 5.41 Å². The molecule has 3 aromatic carbocycles. The number of fused-ring (bicyclic) bond motifs is 2. The number of anilines is 2. The van der Waals surface area contributed by atoms with Crippen LogP contribution in [0.3, 0.4) is 0 Å². The molecule has 1 N–H and O–H groups in total. The van der Waals surface area contributed by atoms with E-state index in [1.165, 1.54) is 12.1 Å². The zero-order valence-corrected chi connectivity index (χ0v) is 34.3. The van der Waals surface area contributed by atoms with Gasteiger partial charge in [0.25, 0.3) is 11.8 Å². The Balaban J connectivity index is 0.000000165. The first kappa shape index (κ1) is 40.6. The quantitative estimate of drug-likeness (QED) is 0.242. The zero-order chi connectivity index (χ0) is 41.6. The summed E-state index contributed by atoms with van der Waals surface area (Å²) in [5.74, 6) is -2.02. The number of hydrogen-bond donors (Lipinski definition) is 1. The third-order valence-electron chi connectivity index (χ3n) is 13.3. The van der Waals surface area contributed by atoms with Gasteiger partial charge in [-0.15, -0.1) is 0 Å². The molecule has 9 rings (SSSR count). The SMILES string of the molecule is CN1CCC(F)(CN2Cc3cc4c(cc3C2)C(=O)N(C2CCC(=O)NC2=O)C4=O)CC1.C[C@H]1CC2(CCN(c3ccc(C=O)cc3)CC2)CN1c1ccc(C#N)c(Cl)c1. The molecule has 6 aliphatic heterocycles. The highest BCUT2D eigenvalue weighted by atomic mass is 35.5. The highest BCUT2D eigenvalue weighted by molar-refractivity contribution is 6.32. The molecule has 2 atom stereocenters. The molecule has 0 aliphatic carbocycles. The van der Waals surface area contributed by atoms with Crippen molar-refractivity contribution in [3.8, 4) is 6.07 Å². The highest BCUT2D eigenvalue weighted by Crippen LogP contribution is 2.46. The number of benzene rings is 3. The second kappa shape index (κ2) is 16.1. The van der Waals surface area contributed by atoms with E-state index in [0.717, 1.165) is 79.1 Å². The molecule has 14 heteroatoms. The predicted molar refractivity (Wildman–Crippen MR) is 221 cm³/mol. The van der Waals surface area contributed by atoms with Crippen molar-refractivity contribution in [2.45, 2.75) is 82.7 Å². The molecule has 0 bridgehead atoms. The molecule has 3 aromatic rings. The van der Waals surface area contributed by atoms with Crippen LogP contribution in [0.2, 0.25) is 5.02 Å². The molecule has 59 heavy (non-hydrogen) atoms. The highest BCUT2D eigenvalue weighted by Gasteiger charge is 2.47. The van der Waals surface area contributed by atoms with Gasteiger partial charge in [0, 0.05) is 81.8 Å². The number of halogens is 2. The van der Waals surface area contributed by atoms with Crippen molar-refractivity contribution in [2.75, 3.05) is 56.1 Å². The second-order valence-corrected chi connectivity index (χ2v) is 17.8. The molecule has 0 saturated carbocycles. The van der Waals surface area contributed by atoms with Gasteiger partial charge in [-0.3, -0.25) is 39.1 Å². The van der Waals surface area contributed by atoms with Crippen LogP contribution in [0, 0.1) is 16.7 Å². The number of piperidine rings is 3. The number of alkyl halides is 1. The minimum Gasteiger partial charge on any atom is -0.371 e. The van der Waals surface area contributed by atoms with Gasteiger partial charge in [-0.05, 0) is 124 Å². The van der Waals surface area contributed by atoms with E-state index >= 15 is 4.39 Å². The molecule has 12 nitrogen and oxygen atoms in total. The zero-order valence-electron chi connectivity index (χ0n) is 33.5. The molecule has 308 valence electrons. The van der Waals surface area contributed by atoms with E-state index in [0.29, 0.717) is 54.5 Å². The van der Waals surface area contributed by atoms with Gasteiger partial charge < -0.3 is 14.7 Å². The van der Waals surface area contributed by atoms with Crippen LogP contribution in [-0.2, 0) is 22.7 Å². The van der Waals surface area contributed by atoms with Crippen molar-refractivity contribution in [3.05, 3.63) is 93.0 Å². The van der Waals surface area contributed by atoms with E-state index in [1.54, 1.807) is 12.1 Å². The van der Waals surface area contributed by atoms with Crippen molar-refractivity contribution in [3.63, 3.8) is 0 Å². The number of likely N-dealkylation sites (tertiary alicyclic amines) is 1. The fourth-order valence-corrected chi connectivity index (χ4v) is 10.1. The average molecular weight is 822 g/mol. The summed E-state index contributed by atoms with van der Waals surface area (Å²) < 4.78 is 15.3. The first-order valence-electron chi connectivity index (χ1n) is 20.5. The number of nitriles is 1. The van der Waals surface area contributed by atoms with Crippen LogP contribution in [0.5, 0.6) is 0 Å². The first-order valence-corrected chi connectivity index (χ1v) is 20.9. The maximum atomic E-state index is 15.3. The summed E-state index contributed by atoms with van der Waals surface area (Å²) in [5, 5.41) is 11.8. The van der Waals surface area contributed by atoms with E-state index in [1.807, 2.05) is 54.4 Å². The molecule has 1 unspecified atom stereocenters. The Morgan fingerprint density at radius 3 is 2.10 bits per heavy atom. The Morgan fingerprint density at radius 1 is 0.898 bits per heavy atom. The second-order valence-electron chi connectivity index (χ2n) is 17.4. The molecule has 6 heterocycles. The summed E-state index contributed by atoms with van der Waals surface area (Å²) in [6, 6.07) is 18.7. The van der Waals surface area contributed by atoms with Gasteiger partial charge in [0.15, 0.2) is 0 Å². The Labute approximate surface area is 348 Å². The Morgan fingerprint density at radius 2 is 1.53 bits per heavy atom. The van der Waals surface area contributed by atoms with E-state index < -0.39 is 35.3 Å². The van der Waals surface area contributed by atoms with Gasteiger partial charge in [-0.2, -0.15) is 5.26 Å². The van der Waals surface area contributed by atoms with Gasteiger partial charge in [0.05, 0.1) is 21.7 Å². The molecular weight excluding hydrogens is 773 g/mol. The Kier molecular flexibility index (Phi) is 11.1. The van der Waals surface area contributed by atoms with Gasteiger partial charge in [0.1, 0.15) is 24.1 Å². The molecule has 4 saturated heterocycles. The summed E-state index contributed by atoms with van der Waals surface area (Å²) in [6.07, 6.45) is 5.63. The number of nitrogens with one attached hydrogen (secondary N) is 1. The largest absolute Gasteiger partial charge is 0.371 e. The molecule has 1 spiro atoms. The summed E-state index contributed by atoms with van der Waals surface area (Å²) >= 11 is 6.26. The Hall–Kier alpha value is -5.16. The minimum atomic E-state index is -1.22. The lowest BCUT2D eigenvalue weighted by atomic mass is 9.76. The van der Waals surface area contributed by atoms with E-state index in [-0.39, 0.29) is 24.0 Å². The third-order valence-corrected chi connectivity index (χ3v) is 13.6. The van der Waals surface area contributed by atoms with E-state index in [9.17, 15) is 24.0 Å². The average Bonchev–Trinajstić information content (AvgIpc) is 3.85. The van der Waals surface area contributed by atoms with E-state index in [4.69, 9.17) is 16.9 Å². The number of imide groups is 2. The van der Waals surface area contributed by atoms with Gasteiger partial charge in [-0.1, -0.05) is 11.6 Å². The van der Waals surface area contributed by atoms with Crippen molar-refractivity contribution in [1.82, 2.24) is 20.0 Å². The molecule has 0 aromatic heterocycles. The van der Waals surface area contributed by atoms with Crippen LogP contribution in [0.25, 0.3) is 0 Å². The molecule has 4 amide bonds. The fourth-order valence-electron chi connectivity index (χ4n) is 9.93. The van der Waals surface area contributed by atoms with Gasteiger partial charge in [0.2, 0.25) is 11.8 Å². The standard InChI is InChI=1S/C23H24ClN3O.C22H25FN4O4/c1-17-13-23(16-27(17)21-7-4-19(14-25)22(24)12-21)8-10-26(11-9-23)20-5-2-18(15-28)3-6-20;1-25-6-4-22(23,5-7-25)12-26-10-13-8-15-16(9-14(13)11-26)21(31)27(20(15)30)17-2-3-18(28)24-19(17)29/h2-7,12,15,17H,8-11,13,16H2,1H3;8-9,17H,2-7,10-12H2,1H3,(H,24,28,29)/t17-;/m0./s1. The summed E-state index contributed by atoms with van der Waals surface area (Å²) in [6.45, 7) is 8.28. The number of amides is 4. The smallest absolute Gasteiger partial charge is 0.262 e. The van der Waals surface area contributed by atoms with Crippen LogP contribution < -0.4 is 15.1 Å². The first-order chi connectivity index (χ1) is 28.3. The van der Waals surface area contributed by atoms with Crippen LogP contribution in [-0.4, -0.2) is 109 Å². The Bertz CT molecular complexity index is 2180. The monoisotopic (exact) mass is 821 g/mol. The predicted octanol–water partition coefficient (Wildman–Crippen LogP) is 5.75. The number of carbonyl (C=O) groups excluding carboxylic acids is 5. The lowest BCUT2D eigenvalue weighted by Gasteiger charge is -2.40. The fraction of sp³-hybridized carbons (Fsp3) is 0.467. The summed E-state index contributed by atoms with van der Waals surface area (Å²) in [4.78, 5) is 70.4. The van der Waals surface area contributed by atoms with Crippen LogP contribution in [0.4, 0.5) is 15.8 Å². The molecule has 0 radical (unpaired) electrons. The number of aldehydes is 1. The number of carbonyl (C=O) groups is 5. The van der Waals surface area contributed by atoms with E-state index in [2.05, 4.69) is 33.0 Å². The maximum Gasteiger partial charge on any atom is 0.262 e. The summed E-state index contributed by atoms with van der Waals surface area (Å²) in [5.41, 5.74) is 5.07. The number of nitrogens with zero attached hydrogens (tertiary/aromatic N) is 6. The topological polar surface area (TPSA) is 137 Å². The third kappa shape index (κ3) is 8.10. The lowest BCUT2D eigenvalue weighted by Crippen LogP contribution is -2.54. The summed E-state index contributed by atoms with van der Waals surface area (Å²) in [7, 11) is 2.00.